The van der Waals surface area contributed by atoms with Crippen molar-refractivity contribution in [1.82, 2.24) is 39.6 Å². The minimum Gasteiger partial charge on any atom is -0.331 e. The predicted octanol–water partition coefficient (Wildman–Crippen LogP) is 4.82. The molecule has 0 radical (unpaired) electrons. The van der Waals surface area contributed by atoms with Crippen molar-refractivity contribution in [3.63, 3.8) is 0 Å². The van der Waals surface area contributed by atoms with Crippen LogP contribution in [0.15, 0.2) is 65.7 Å². The SMILES string of the molecule is CN(C)C(=O)Nc1ccc(-c2nc([C@@H]3CCc4cc(-c5cc(Cl)ccc5-n5cnnn5)cc(=O)n43)[nH]c2Cl)cc1. The molecule has 0 unspecified atom stereocenters. The summed E-state index contributed by atoms with van der Waals surface area (Å²) in [6.45, 7) is 0. The third kappa shape index (κ3) is 4.74. The standard InChI is InChI=1S/C27H23Cl2N9O2/c1-36(2)27(40)31-18-6-3-15(4-7-18)24-25(29)33-26(32-24)22-10-8-19-11-16(12-23(39)38(19)22)20-13-17(28)5-9-21(20)37-14-30-34-35-37/h3-7,9,11-14,22H,8,10H2,1-2H3,(H,31,40)(H,32,33)/t22-/m0/s1. The van der Waals surface area contributed by atoms with Crippen LogP contribution in [0, 0.1) is 0 Å². The van der Waals surface area contributed by atoms with Gasteiger partial charge in [0.2, 0.25) is 0 Å². The van der Waals surface area contributed by atoms with Crippen LogP contribution < -0.4 is 10.9 Å². The Morgan fingerprint density at radius 2 is 1.88 bits per heavy atom. The first kappa shape index (κ1) is 25.8. The monoisotopic (exact) mass is 575 g/mol. The van der Waals surface area contributed by atoms with Crippen LogP contribution in [0.25, 0.3) is 28.1 Å². The molecule has 13 heteroatoms. The number of hydrogen-bond donors (Lipinski definition) is 2. The highest BCUT2D eigenvalue weighted by Gasteiger charge is 2.29. The van der Waals surface area contributed by atoms with E-state index in [-0.39, 0.29) is 17.6 Å². The normalized spacial score (nSPS) is 14.2. The number of anilines is 1. The van der Waals surface area contributed by atoms with Gasteiger partial charge < -0.3 is 19.8 Å². The van der Waals surface area contributed by atoms with Crippen molar-refractivity contribution in [3.05, 3.63) is 93.0 Å². The van der Waals surface area contributed by atoms with Gasteiger partial charge in [-0.1, -0.05) is 35.3 Å². The fraction of sp³-hybridized carbons (Fsp3) is 0.185. The molecule has 0 aliphatic carbocycles. The van der Waals surface area contributed by atoms with Gasteiger partial charge in [0.25, 0.3) is 5.56 Å². The van der Waals surface area contributed by atoms with Crippen molar-refractivity contribution in [2.45, 2.75) is 18.9 Å². The van der Waals surface area contributed by atoms with E-state index in [9.17, 15) is 9.59 Å². The van der Waals surface area contributed by atoms with E-state index in [2.05, 4.69) is 25.8 Å². The number of rotatable bonds is 5. The number of benzene rings is 2. The Bertz CT molecular complexity index is 1780. The molecule has 1 atom stereocenters. The second kappa shape index (κ2) is 10.2. The maximum absolute atomic E-state index is 13.5. The maximum Gasteiger partial charge on any atom is 0.321 e. The summed E-state index contributed by atoms with van der Waals surface area (Å²) in [5.74, 6) is 0.607. The van der Waals surface area contributed by atoms with Gasteiger partial charge in [-0.2, -0.15) is 4.68 Å². The summed E-state index contributed by atoms with van der Waals surface area (Å²) >= 11 is 12.9. The molecule has 0 fully saturated rings. The van der Waals surface area contributed by atoms with Gasteiger partial charge >= 0.3 is 6.03 Å². The largest absolute Gasteiger partial charge is 0.331 e. The van der Waals surface area contributed by atoms with Crippen LogP contribution >= 0.6 is 23.2 Å². The quantitative estimate of drug-likeness (QED) is 0.309. The van der Waals surface area contributed by atoms with Crippen molar-refractivity contribution >= 4 is 34.9 Å². The number of aromatic amines is 1. The Hall–Kier alpha value is -4.48. The molecule has 1 aliphatic rings. The van der Waals surface area contributed by atoms with Crippen molar-refractivity contribution in [2.75, 3.05) is 19.4 Å². The second-order valence-electron chi connectivity index (χ2n) is 9.60. The molecule has 5 aromatic rings. The molecule has 0 bridgehead atoms. The molecule has 202 valence electrons. The first-order chi connectivity index (χ1) is 19.3. The van der Waals surface area contributed by atoms with Gasteiger partial charge in [-0.25, -0.2) is 9.78 Å². The zero-order valence-corrected chi connectivity index (χ0v) is 23.0. The van der Waals surface area contributed by atoms with Gasteiger partial charge in [0.05, 0.1) is 11.7 Å². The molecule has 2 N–H and O–H groups in total. The Balaban J connectivity index is 1.31. The summed E-state index contributed by atoms with van der Waals surface area (Å²) in [5, 5.41) is 15.2. The molecule has 0 saturated carbocycles. The molecule has 0 saturated heterocycles. The fourth-order valence-electron chi connectivity index (χ4n) is 4.89. The summed E-state index contributed by atoms with van der Waals surface area (Å²) in [5.41, 5.74) is 4.92. The maximum atomic E-state index is 13.5. The number of fused-ring (bicyclic) bond motifs is 1. The van der Waals surface area contributed by atoms with E-state index in [4.69, 9.17) is 28.2 Å². The number of carbonyl (C=O) groups excluding carboxylic acids is 1. The molecule has 2 aromatic carbocycles. The molecular formula is C27H23Cl2N9O2. The number of pyridine rings is 1. The van der Waals surface area contributed by atoms with E-state index in [1.54, 1.807) is 49.0 Å². The number of nitrogens with one attached hydrogen (secondary N) is 2. The lowest BCUT2D eigenvalue weighted by Crippen LogP contribution is -2.27. The zero-order chi connectivity index (χ0) is 28.0. The van der Waals surface area contributed by atoms with Crippen LogP contribution in [0.4, 0.5) is 10.5 Å². The number of carbonyl (C=O) groups is 1. The van der Waals surface area contributed by atoms with Crippen molar-refractivity contribution in [3.8, 4) is 28.1 Å². The fourth-order valence-corrected chi connectivity index (χ4v) is 5.31. The lowest BCUT2D eigenvalue weighted by Gasteiger charge is -2.15. The Morgan fingerprint density at radius 3 is 2.60 bits per heavy atom. The number of tetrazole rings is 1. The van der Waals surface area contributed by atoms with Crippen LogP contribution in [0.2, 0.25) is 10.2 Å². The van der Waals surface area contributed by atoms with E-state index in [0.29, 0.717) is 45.9 Å². The Labute approximate surface area is 238 Å². The lowest BCUT2D eigenvalue weighted by atomic mass is 10.0. The molecule has 3 aromatic heterocycles. The molecular weight excluding hydrogens is 553 g/mol. The van der Waals surface area contributed by atoms with Crippen molar-refractivity contribution < 1.29 is 4.79 Å². The highest BCUT2D eigenvalue weighted by Crippen LogP contribution is 2.36. The summed E-state index contributed by atoms with van der Waals surface area (Å²) in [4.78, 5) is 34.8. The summed E-state index contributed by atoms with van der Waals surface area (Å²) in [6, 6.07) is 15.7. The zero-order valence-electron chi connectivity index (χ0n) is 21.5. The summed E-state index contributed by atoms with van der Waals surface area (Å²) in [6.07, 6.45) is 2.87. The molecule has 1 aliphatic heterocycles. The van der Waals surface area contributed by atoms with Gasteiger partial charge in [-0.3, -0.25) is 4.79 Å². The molecule has 0 spiro atoms. The smallest absolute Gasteiger partial charge is 0.321 e. The highest BCUT2D eigenvalue weighted by molar-refractivity contribution is 6.32. The number of hydrogen-bond acceptors (Lipinski definition) is 6. The van der Waals surface area contributed by atoms with Crippen LogP contribution in [0.1, 0.15) is 24.0 Å². The van der Waals surface area contributed by atoms with Gasteiger partial charge in [-0.15, -0.1) is 5.10 Å². The van der Waals surface area contributed by atoms with E-state index in [1.807, 2.05) is 24.3 Å². The van der Waals surface area contributed by atoms with Crippen LogP contribution in [0.5, 0.6) is 0 Å². The lowest BCUT2D eigenvalue weighted by molar-refractivity contribution is 0.230. The van der Waals surface area contributed by atoms with Crippen LogP contribution in [0.3, 0.4) is 0 Å². The summed E-state index contributed by atoms with van der Waals surface area (Å²) in [7, 11) is 3.35. The molecule has 11 nitrogen and oxygen atoms in total. The molecule has 6 rings (SSSR count). The topological polar surface area (TPSA) is 127 Å². The Morgan fingerprint density at radius 1 is 1.07 bits per heavy atom. The number of amides is 2. The molecule has 40 heavy (non-hydrogen) atoms. The number of urea groups is 1. The number of aryl methyl sites for hydroxylation is 1. The van der Waals surface area contributed by atoms with Gasteiger partial charge in [0.1, 0.15) is 23.0 Å². The number of imidazole rings is 1. The van der Waals surface area contributed by atoms with Crippen LogP contribution in [-0.2, 0) is 6.42 Å². The second-order valence-corrected chi connectivity index (χ2v) is 10.4. The third-order valence-corrected chi connectivity index (χ3v) is 7.32. The Kier molecular flexibility index (Phi) is 6.60. The van der Waals surface area contributed by atoms with Crippen molar-refractivity contribution in [2.24, 2.45) is 0 Å². The molecule has 2 amide bonds. The number of halogens is 2. The minimum absolute atomic E-state index is 0.160. The molecule has 4 heterocycles. The average Bonchev–Trinajstić information content (AvgIpc) is 3.69. The van der Waals surface area contributed by atoms with Gasteiger partial charge in [0, 0.05) is 47.7 Å². The minimum atomic E-state index is -0.292. The van der Waals surface area contributed by atoms with E-state index in [0.717, 1.165) is 22.4 Å². The average molecular weight is 576 g/mol. The predicted molar refractivity (Wildman–Crippen MR) is 152 cm³/mol. The number of nitrogens with zero attached hydrogens (tertiary/aromatic N) is 7. The summed E-state index contributed by atoms with van der Waals surface area (Å²) < 4.78 is 3.29. The van der Waals surface area contributed by atoms with Crippen molar-refractivity contribution in [1.29, 1.82) is 0 Å². The first-order valence-electron chi connectivity index (χ1n) is 12.4. The highest BCUT2D eigenvalue weighted by atomic mass is 35.5. The third-order valence-electron chi connectivity index (χ3n) is 6.81. The van der Waals surface area contributed by atoms with Crippen LogP contribution in [-0.4, -0.2) is 59.8 Å². The van der Waals surface area contributed by atoms with E-state index in [1.165, 1.54) is 15.9 Å². The van der Waals surface area contributed by atoms with Gasteiger partial charge in [0.15, 0.2) is 0 Å². The first-order valence-corrected chi connectivity index (χ1v) is 13.2. The van der Waals surface area contributed by atoms with E-state index < -0.39 is 0 Å². The van der Waals surface area contributed by atoms with E-state index >= 15 is 0 Å². The van der Waals surface area contributed by atoms with Gasteiger partial charge in [-0.05, 0) is 65.2 Å². The number of H-pyrrole nitrogens is 1. The number of aromatic nitrogens is 7.